The van der Waals surface area contributed by atoms with Gasteiger partial charge in [-0.1, -0.05) is 17.7 Å². The Hall–Kier alpha value is -2.64. The van der Waals surface area contributed by atoms with Gasteiger partial charge in [-0.3, -0.25) is 9.69 Å². The van der Waals surface area contributed by atoms with E-state index in [0.29, 0.717) is 34.5 Å². The molecule has 8 heteroatoms. The van der Waals surface area contributed by atoms with Crippen LogP contribution in [0.2, 0.25) is 5.02 Å². The first-order chi connectivity index (χ1) is 13.3. The standard InChI is InChI=1S/C20H24ClN5O2/c1-12(2)25-11-16-17(8-9-18(23-16)24-19(27)13(3)22-4)26(20(25)28)15-7-5-6-14(21)10-15/h5-10,12-13,22H,11H2,1-4H3,(H,23,24,27)/t13-/m0/s1. The summed E-state index contributed by atoms with van der Waals surface area (Å²) >= 11 is 6.14. The average molecular weight is 402 g/mol. The summed E-state index contributed by atoms with van der Waals surface area (Å²) in [6.07, 6.45) is 0. The quantitative estimate of drug-likeness (QED) is 0.799. The number of anilines is 3. The maximum absolute atomic E-state index is 13.1. The molecule has 148 valence electrons. The predicted octanol–water partition coefficient (Wildman–Crippen LogP) is 3.76. The molecule has 2 heterocycles. The Morgan fingerprint density at radius 1 is 1.21 bits per heavy atom. The van der Waals surface area contributed by atoms with Crippen molar-refractivity contribution in [1.29, 1.82) is 0 Å². The van der Waals surface area contributed by atoms with Gasteiger partial charge in [0.15, 0.2) is 0 Å². The van der Waals surface area contributed by atoms with Crippen LogP contribution in [0.4, 0.5) is 22.0 Å². The van der Waals surface area contributed by atoms with Gasteiger partial charge in [0.25, 0.3) is 0 Å². The van der Waals surface area contributed by atoms with Gasteiger partial charge in [-0.2, -0.15) is 0 Å². The Morgan fingerprint density at radius 2 is 1.96 bits per heavy atom. The number of halogens is 1. The molecule has 3 amide bonds. The zero-order valence-corrected chi connectivity index (χ0v) is 17.1. The first kappa shape index (κ1) is 20.1. The number of hydrogen-bond acceptors (Lipinski definition) is 4. The van der Waals surface area contributed by atoms with E-state index in [0.717, 1.165) is 0 Å². The van der Waals surface area contributed by atoms with Crippen molar-refractivity contribution < 1.29 is 9.59 Å². The predicted molar refractivity (Wildman–Crippen MR) is 111 cm³/mol. The molecule has 0 saturated heterocycles. The molecule has 0 aliphatic carbocycles. The average Bonchev–Trinajstić information content (AvgIpc) is 2.66. The number of benzene rings is 1. The van der Waals surface area contributed by atoms with Gasteiger partial charge >= 0.3 is 6.03 Å². The molecular weight excluding hydrogens is 378 g/mol. The molecule has 1 aliphatic heterocycles. The third kappa shape index (κ3) is 3.95. The van der Waals surface area contributed by atoms with E-state index >= 15 is 0 Å². The molecule has 28 heavy (non-hydrogen) atoms. The minimum atomic E-state index is -0.338. The molecule has 0 radical (unpaired) electrons. The SMILES string of the molecule is CN[C@@H](C)C(=O)Nc1ccc2c(n1)CN(C(C)C)C(=O)N2c1cccc(Cl)c1. The molecule has 2 aromatic rings. The van der Waals surface area contributed by atoms with Crippen molar-refractivity contribution >= 4 is 40.7 Å². The summed E-state index contributed by atoms with van der Waals surface area (Å²) in [6.45, 7) is 6.06. The summed E-state index contributed by atoms with van der Waals surface area (Å²) < 4.78 is 0. The lowest BCUT2D eigenvalue weighted by molar-refractivity contribution is -0.117. The minimum absolute atomic E-state index is 0.00769. The molecule has 3 rings (SSSR count). The van der Waals surface area contributed by atoms with Crippen LogP contribution in [-0.4, -0.2) is 41.0 Å². The van der Waals surface area contributed by atoms with Crippen LogP contribution in [0.3, 0.4) is 0 Å². The summed E-state index contributed by atoms with van der Waals surface area (Å²) in [6, 6.07) is 10.2. The lowest BCUT2D eigenvalue weighted by Gasteiger charge is -2.38. The molecule has 2 N–H and O–H groups in total. The Morgan fingerprint density at radius 3 is 2.61 bits per heavy atom. The van der Waals surface area contributed by atoms with Gasteiger partial charge in [0, 0.05) is 11.1 Å². The van der Waals surface area contributed by atoms with E-state index in [1.165, 1.54) is 0 Å². The van der Waals surface area contributed by atoms with Crippen molar-refractivity contribution in [2.75, 3.05) is 17.3 Å². The van der Waals surface area contributed by atoms with Crippen molar-refractivity contribution in [3.63, 3.8) is 0 Å². The number of likely N-dealkylation sites (N-methyl/N-ethyl adjacent to an activating group) is 1. The van der Waals surface area contributed by atoms with Crippen molar-refractivity contribution in [3.05, 3.63) is 47.1 Å². The number of nitrogens with zero attached hydrogens (tertiary/aromatic N) is 3. The second-order valence-electron chi connectivity index (χ2n) is 6.98. The number of rotatable bonds is 5. The fourth-order valence-electron chi connectivity index (χ4n) is 2.98. The van der Waals surface area contributed by atoms with Crippen LogP contribution in [0.5, 0.6) is 0 Å². The number of urea groups is 1. The molecule has 7 nitrogen and oxygen atoms in total. The highest BCUT2D eigenvalue weighted by Crippen LogP contribution is 2.36. The zero-order chi connectivity index (χ0) is 20.4. The second-order valence-corrected chi connectivity index (χ2v) is 7.42. The van der Waals surface area contributed by atoms with Crippen LogP contribution < -0.4 is 15.5 Å². The molecule has 0 bridgehead atoms. The third-order valence-corrected chi connectivity index (χ3v) is 4.95. The highest BCUT2D eigenvalue weighted by molar-refractivity contribution is 6.31. The maximum atomic E-state index is 13.1. The van der Waals surface area contributed by atoms with Gasteiger partial charge in [0.1, 0.15) is 5.82 Å². The Balaban J connectivity index is 2.02. The van der Waals surface area contributed by atoms with E-state index in [1.807, 2.05) is 19.9 Å². The molecule has 0 saturated carbocycles. The normalized spacial score (nSPS) is 14.9. The molecule has 0 spiro atoms. The lowest BCUT2D eigenvalue weighted by atomic mass is 10.1. The van der Waals surface area contributed by atoms with Gasteiger partial charge in [-0.15, -0.1) is 0 Å². The first-order valence-corrected chi connectivity index (χ1v) is 9.54. The molecule has 1 aromatic carbocycles. The number of fused-ring (bicyclic) bond motifs is 1. The number of pyridine rings is 1. The monoisotopic (exact) mass is 401 g/mol. The van der Waals surface area contributed by atoms with Crippen molar-refractivity contribution in [2.45, 2.75) is 39.4 Å². The van der Waals surface area contributed by atoms with Crippen LogP contribution in [0.15, 0.2) is 36.4 Å². The van der Waals surface area contributed by atoms with Gasteiger partial charge in [0.05, 0.1) is 29.7 Å². The topological polar surface area (TPSA) is 77.6 Å². The lowest BCUT2D eigenvalue weighted by Crippen LogP contribution is -2.48. The van der Waals surface area contributed by atoms with E-state index in [-0.39, 0.29) is 24.0 Å². The molecule has 0 fully saturated rings. The summed E-state index contributed by atoms with van der Waals surface area (Å²) in [5.41, 5.74) is 2.07. The Bertz CT molecular complexity index is 902. The van der Waals surface area contributed by atoms with E-state index in [1.54, 1.807) is 54.1 Å². The highest BCUT2D eigenvalue weighted by Gasteiger charge is 2.34. The zero-order valence-electron chi connectivity index (χ0n) is 16.4. The van der Waals surface area contributed by atoms with Crippen LogP contribution in [-0.2, 0) is 11.3 Å². The highest BCUT2D eigenvalue weighted by atomic mass is 35.5. The number of nitrogens with one attached hydrogen (secondary N) is 2. The fraction of sp³-hybridized carbons (Fsp3) is 0.350. The van der Waals surface area contributed by atoms with Gasteiger partial charge in [0.2, 0.25) is 5.91 Å². The van der Waals surface area contributed by atoms with Crippen LogP contribution in [0.1, 0.15) is 26.5 Å². The smallest absolute Gasteiger partial charge is 0.316 e. The van der Waals surface area contributed by atoms with Crippen LogP contribution >= 0.6 is 11.6 Å². The number of aromatic nitrogens is 1. The molecular formula is C20H24ClN5O2. The number of carbonyl (C=O) groups excluding carboxylic acids is 2. The van der Waals surface area contributed by atoms with Crippen molar-refractivity contribution in [3.8, 4) is 0 Å². The fourth-order valence-corrected chi connectivity index (χ4v) is 3.16. The van der Waals surface area contributed by atoms with Crippen molar-refractivity contribution in [2.24, 2.45) is 0 Å². The summed E-state index contributed by atoms with van der Waals surface area (Å²) in [5.74, 6) is 0.282. The summed E-state index contributed by atoms with van der Waals surface area (Å²) in [7, 11) is 1.72. The second kappa shape index (κ2) is 8.16. The van der Waals surface area contributed by atoms with E-state index in [2.05, 4.69) is 15.6 Å². The Labute approximate surface area is 169 Å². The van der Waals surface area contributed by atoms with Crippen LogP contribution in [0, 0.1) is 0 Å². The number of amides is 3. The van der Waals surface area contributed by atoms with Gasteiger partial charge in [-0.05, 0) is 58.2 Å². The minimum Gasteiger partial charge on any atom is -0.316 e. The third-order valence-electron chi connectivity index (χ3n) is 4.72. The van der Waals surface area contributed by atoms with E-state index < -0.39 is 0 Å². The first-order valence-electron chi connectivity index (χ1n) is 9.16. The summed E-state index contributed by atoms with van der Waals surface area (Å²) in [5, 5.41) is 6.25. The van der Waals surface area contributed by atoms with Gasteiger partial charge in [-0.25, -0.2) is 9.78 Å². The number of carbonyl (C=O) groups is 2. The molecule has 0 unspecified atom stereocenters. The van der Waals surface area contributed by atoms with Crippen molar-refractivity contribution in [1.82, 2.24) is 15.2 Å². The van der Waals surface area contributed by atoms with Gasteiger partial charge < -0.3 is 15.5 Å². The maximum Gasteiger partial charge on any atom is 0.329 e. The molecule has 1 aromatic heterocycles. The largest absolute Gasteiger partial charge is 0.329 e. The molecule has 1 aliphatic rings. The molecule has 1 atom stereocenters. The van der Waals surface area contributed by atoms with Crippen LogP contribution in [0.25, 0.3) is 0 Å². The number of hydrogen-bond donors (Lipinski definition) is 2. The summed E-state index contributed by atoms with van der Waals surface area (Å²) in [4.78, 5) is 33.2. The van der Waals surface area contributed by atoms with E-state index in [4.69, 9.17) is 11.6 Å². The van der Waals surface area contributed by atoms with E-state index in [9.17, 15) is 9.59 Å². The Kier molecular flexibility index (Phi) is 5.86.